The van der Waals surface area contributed by atoms with Crippen molar-refractivity contribution in [3.8, 4) is 11.4 Å². The Kier molecular flexibility index (Phi) is 4.11. The van der Waals surface area contributed by atoms with E-state index in [0.717, 1.165) is 0 Å². The highest BCUT2D eigenvalue weighted by molar-refractivity contribution is 5.92. The number of halogens is 1. The third-order valence-electron chi connectivity index (χ3n) is 3.07. The predicted molar refractivity (Wildman–Crippen MR) is 75.2 cm³/mol. The minimum atomic E-state index is -0.663. The lowest BCUT2D eigenvalue weighted by atomic mass is 10.2. The van der Waals surface area contributed by atoms with Crippen LogP contribution in [0.5, 0.6) is 5.75 Å². The summed E-state index contributed by atoms with van der Waals surface area (Å²) in [5.41, 5.74) is 6.08. The summed E-state index contributed by atoms with van der Waals surface area (Å²) < 4.78 is 25.2. The molecule has 21 heavy (non-hydrogen) atoms. The van der Waals surface area contributed by atoms with Crippen LogP contribution in [0, 0.1) is 5.82 Å². The molecular formula is C14H16FN3O3. The number of nitrogen functional groups attached to an aromatic ring is 1. The monoisotopic (exact) mass is 293 g/mol. The minimum absolute atomic E-state index is 0.0310. The molecule has 1 aromatic heterocycles. The van der Waals surface area contributed by atoms with E-state index in [4.69, 9.17) is 10.5 Å². The minimum Gasteiger partial charge on any atom is -0.497 e. The van der Waals surface area contributed by atoms with Crippen molar-refractivity contribution in [2.75, 3.05) is 20.0 Å². The number of carbonyl (C=O) groups excluding carboxylic acids is 1. The fourth-order valence-electron chi connectivity index (χ4n) is 2.02. The number of aromatic nitrogens is 2. The second-order valence-corrected chi connectivity index (χ2v) is 4.26. The molecule has 0 atom stereocenters. The molecule has 0 aliphatic heterocycles. The zero-order valence-corrected chi connectivity index (χ0v) is 12.0. The van der Waals surface area contributed by atoms with E-state index in [1.54, 1.807) is 0 Å². The van der Waals surface area contributed by atoms with Crippen LogP contribution in [0.15, 0.2) is 18.2 Å². The van der Waals surface area contributed by atoms with Gasteiger partial charge in [-0.25, -0.2) is 14.2 Å². The zero-order valence-electron chi connectivity index (χ0n) is 12.0. The third-order valence-corrected chi connectivity index (χ3v) is 3.07. The van der Waals surface area contributed by atoms with Crippen molar-refractivity contribution in [3.05, 3.63) is 35.5 Å². The van der Waals surface area contributed by atoms with Gasteiger partial charge in [0.25, 0.3) is 0 Å². The summed E-state index contributed by atoms with van der Waals surface area (Å²) >= 11 is 0. The van der Waals surface area contributed by atoms with Crippen LogP contribution < -0.4 is 10.5 Å². The van der Waals surface area contributed by atoms with E-state index in [2.05, 4.69) is 9.72 Å². The van der Waals surface area contributed by atoms with E-state index >= 15 is 0 Å². The quantitative estimate of drug-likeness (QED) is 0.872. The molecule has 7 heteroatoms. The molecule has 0 unspecified atom stereocenters. The zero-order chi connectivity index (χ0) is 15.6. The summed E-state index contributed by atoms with van der Waals surface area (Å²) in [6.45, 7) is 1.83. The smallest absolute Gasteiger partial charge is 0.360 e. The fraction of sp³-hybridized carbons (Fsp3) is 0.286. The number of hydrogen-bond donors (Lipinski definition) is 1. The highest BCUT2D eigenvalue weighted by Gasteiger charge is 2.23. The van der Waals surface area contributed by atoms with Crippen molar-refractivity contribution >= 4 is 11.8 Å². The molecule has 0 aliphatic carbocycles. The number of nitrogens with zero attached hydrogens (tertiary/aromatic N) is 2. The number of rotatable bonds is 4. The molecule has 6 nitrogen and oxygen atoms in total. The van der Waals surface area contributed by atoms with Crippen molar-refractivity contribution in [2.24, 2.45) is 0 Å². The summed E-state index contributed by atoms with van der Waals surface area (Å²) in [7, 11) is 2.72. The number of methoxy groups -OCH3 is 2. The van der Waals surface area contributed by atoms with Crippen LogP contribution in [0.25, 0.3) is 5.69 Å². The van der Waals surface area contributed by atoms with Gasteiger partial charge in [-0.2, -0.15) is 0 Å². The second-order valence-electron chi connectivity index (χ2n) is 4.26. The summed E-state index contributed by atoms with van der Waals surface area (Å²) in [6.07, 6.45) is 0.470. The molecule has 0 aliphatic rings. The Balaban J connectivity index is 2.68. The van der Waals surface area contributed by atoms with Crippen molar-refractivity contribution in [1.29, 1.82) is 0 Å². The van der Waals surface area contributed by atoms with Crippen molar-refractivity contribution in [1.82, 2.24) is 9.55 Å². The number of aryl methyl sites for hydroxylation is 1. The standard InChI is InChI=1S/C14H16FN3O3/c1-4-11-17-12(14(19)21-3)13(16)18(11)10-7-8(20-2)5-6-9(10)15/h5-7H,4,16H2,1-3H3. The molecule has 2 aromatic rings. The van der Waals surface area contributed by atoms with E-state index in [9.17, 15) is 9.18 Å². The maximum absolute atomic E-state index is 14.1. The number of benzene rings is 1. The largest absolute Gasteiger partial charge is 0.497 e. The maximum atomic E-state index is 14.1. The summed E-state index contributed by atoms with van der Waals surface area (Å²) in [5, 5.41) is 0. The number of hydrogen-bond acceptors (Lipinski definition) is 5. The van der Waals surface area contributed by atoms with E-state index in [-0.39, 0.29) is 17.2 Å². The number of ether oxygens (including phenoxy) is 2. The highest BCUT2D eigenvalue weighted by atomic mass is 19.1. The number of nitrogens with two attached hydrogens (primary N) is 1. The number of anilines is 1. The Morgan fingerprint density at radius 1 is 1.43 bits per heavy atom. The van der Waals surface area contributed by atoms with Crippen molar-refractivity contribution in [2.45, 2.75) is 13.3 Å². The SMILES string of the molecule is CCc1nc(C(=O)OC)c(N)n1-c1cc(OC)ccc1F. The van der Waals surface area contributed by atoms with Crippen LogP contribution in [-0.4, -0.2) is 29.7 Å². The van der Waals surface area contributed by atoms with Gasteiger partial charge in [0.15, 0.2) is 5.69 Å². The van der Waals surface area contributed by atoms with Gasteiger partial charge in [-0.1, -0.05) is 6.92 Å². The molecule has 1 heterocycles. The molecule has 0 saturated heterocycles. The van der Waals surface area contributed by atoms with E-state index in [1.807, 2.05) is 6.92 Å². The summed E-state index contributed by atoms with van der Waals surface area (Å²) in [5.74, 6) is -0.192. The Morgan fingerprint density at radius 2 is 2.14 bits per heavy atom. The van der Waals surface area contributed by atoms with Crippen LogP contribution in [-0.2, 0) is 11.2 Å². The van der Waals surface area contributed by atoms with Gasteiger partial charge in [-0.05, 0) is 12.1 Å². The molecule has 0 fully saturated rings. The normalized spacial score (nSPS) is 10.5. The molecule has 2 N–H and O–H groups in total. The Morgan fingerprint density at radius 3 is 2.71 bits per heavy atom. The molecule has 0 radical (unpaired) electrons. The highest BCUT2D eigenvalue weighted by Crippen LogP contribution is 2.27. The average molecular weight is 293 g/mol. The molecule has 0 saturated carbocycles. The predicted octanol–water partition coefficient (Wildman–Crippen LogP) is 1.95. The molecular weight excluding hydrogens is 277 g/mol. The van der Waals surface area contributed by atoms with Crippen LogP contribution in [0.1, 0.15) is 23.2 Å². The van der Waals surface area contributed by atoms with Crippen molar-refractivity contribution < 1.29 is 18.7 Å². The molecule has 1 aromatic carbocycles. The molecule has 0 spiro atoms. The average Bonchev–Trinajstić information content (AvgIpc) is 2.83. The number of carbonyl (C=O) groups is 1. The first kappa shape index (κ1) is 14.8. The molecule has 0 amide bonds. The second kappa shape index (κ2) is 5.82. The molecule has 112 valence electrons. The number of imidazole rings is 1. The molecule has 0 bridgehead atoms. The van der Waals surface area contributed by atoms with Gasteiger partial charge < -0.3 is 15.2 Å². The molecule has 2 rings (SSSR count). The van der Waals surface area contributed by atoms with Crippen LogP contribution in [0.4, 0.5) is 10.2 Å². The third kappa shape index (κ3) is 2.54. The van der Waals surface area contributed by atoms with Gasteiger partial charge >= 0.3 is 5.97 Å². The Bertz CT molecular complexity index is 682. The van der Waals surface area contributed by atoms with Gasteiger partial charge in [0, 0.05) is 12.5 Å². The summed E-state index contributed by atoms with van der Waals surface area (Å²) in [4.78, 5) is 15.8. The number of esters is 1. The fourth-order valence-corrected chi connectivity index (χ4v) is 2.02. The van der Waals surface area contributed by atoms with E-state index in [1.165, 1.54) is 37.0 Å². The lowest BCUT2D eigenvalue weighted by Gasteiger charge is -2.11. The lowest BCUT2D eigenvalue weighted by molar-refractivity contribution is 0.0595. The van der Waals surface area contributed by atoms with Gasteiger partial charge in [0.05, 0.1) is 19.9 Å². The van der Waals surface area contributed by atoms with E-state index < -0.39 is 11.8 Å². The lowest BCUT2D eigenvalue weighted by Crippen LogP contribution is -2.09. The van der Waals surface area contributed by atoms with E-state index in [0.29, 0.717) is 18.0 Å². The van der Waals surface area contributed by atoms with Crippen LogP contribution >= 0.6 is 0 Å². The van der Waals surface area contributed by atoms with Crippen LogP contribution in [0.3, 0.4) is 0 Å². The first-order valence-corrected chi connectivity index (χ1v) is 6.32. The first-order chi connectivity index (χ1) is 10.0. The van der Waals surface area contributed by atoms with Crippen molar-refractivity contribution in [3.63, 3.8) is 0 Å². The van der Waals surface area contributed by atoms with Gasteiger partial charge in [0.1, 0.15) is 23.2 Å². The first-order valence-electron chi connectivity index (χ1n) is 6.32. The maximum Gasteiger partial charge on any atom is 0.360 e. The Hall–Kier alpha value is -2.57. The Labute approximate surface area is 121 Å². The van der Waals surface area contributed by atoms with Gasteiger partial charge in [0.2, 0.25) is 0 Å². The van der Waals surface area contributed by atoms with Crippen LogP contribution in [0.2, 0.25) is 0 Å². The van der Waals surface area contributed by atoms with Gasteiger partial charge in [-0.3, -0.25) is 4.57 Å². The summed E-state index contributed by atoms with van der Waals surface area (Å²) in [6, 6.07) is 4.26. The topological polar surface area (TPSA) is 79.4 Å². The van der Waals surface area contributed by atoms with Gasteiger partial charge in [-0.15, -0.1) is 0 Å².